The van der Waals surface area contributed by atoms with E-state index >= 15 is 0 Å². The van der Waals surface area contributed by atoms with Gasteiger partial charge in [-0.3, -0.25) is 4.79 Å². The van der Waals surface area contributed by atoms with E-state index in [9.17, 15) is 4.79 Å². The quantitative estimate of drug-likeness (QED) is 0.585. The number of rotatable bonds is 2. The highest BCUT2D eigenvalue weighted by molar-refractivity contribution is 7.19. The standard InChI is InChI=1S/C20H19ClN2OS/c21-19-10-9-18(25-19)17-13-15(14-7-3-4-8-16(14)22-17)20(24)23-11-5-1-2-6-12-23/h3-4,7-10,13H,1-2,5-6,11-12H2. The van der Waals surface area contributed by atoms with E-state index in [1.54, 1.807) is 0 Å². The van der Waals surface area contributed by atoms with Crippen molar-refractivity contribution in [1.82, 2.24) is 9.88 Å². The molecule has 0 bridgehead atoms. The van der Waals surface area contributed by atoms with Crippen molar-refractivity contribution in [3.05, 3.63) is 52.4 Å². The first-order valence-electron chi connectivity index (χ1n) is 8.67. The number of thiophene rings is 1. The number of nitrogens with zero attached hydrogens (tertiary/aromatic N) is 2. The highest BCUT2D eigenvalue weighted by Crippen LogP contribution is 2.32. The van der Waals surface area contributed by atoms with E-state index in [-0.39, 0.29) is 5.91 Å². The lowest BCUT2D eigenvalue weighted by Gasteiger charge is -2.21. The molecule has 1 aromatic carbocycles. The van der Waals surface area contributed by atoms with Crippen LogP contribution in [0.25, 0.3) is 21.5 Å². The Bertz CT molecular complexity index is 913. The summed E-state index contributed by atoms with van der Waals surface area (Å²) < 4.78 is 0.727. The molecule has 4 rings (SSSR count). The van der Waals surface area contributed by atoms with Crippen molar-refractivity contribution in [3.8, 4) is 10.6 Å². The fourth-order valence-electron chi connectivity index (χ4n) is 3.37. The van der Waals surface area contributed by atoms with Gasteiger partial charge in [-0.15, -0.1) is 11.3 Å². The second kappa shape index (κ2) is 7.14. The van der Waals surface area contributed by atoms with Crippen LogP contribution in [-0.4, -0.2) is 28.9 Å². The number of pyridine rings is 1. The van der Waals surface area contributed by atoms with Gasteiger partial charge in [-0.25, -0.2) is 4.98 Å². The smallest absolute Gasteiger partial charge is 0.254 e. The van der Waals surface area contributed by atoms with Crippen molar-refractivity contribution in [3.63, 3.8) is 0 Å². The Morgan fingerprint density at radius 1 is 1.04 bits per heavy atom. The Morgan fingerprint density at radius 2 is 1.80 bits per heavy atom. The van der Waals surface area contributed by atoms with Gasteiger partial charge in [-0.05, 0) is 37.1 Å². The molecule has 3 nitrogen and oxygen atoms in total. The molecule has 1 aliphatic heterocycles. The molecule has 0 saturated carbocycles. The first-order chi connectivity index (χ1) is 12.2. The Morgan fingerprint density at radius 3 is 2.52 bits per heavy atom. The van der Waals surface area contributed by atoms with E-state index in [4.69, 9.17) is 16.6 Å². The molecule has 0 spiro atoms. The normalized spacial score (nSPS) is 15.3. The van der Waals surface area contributed by atoms with Crippen molar-refractivity contribution >= 4 is 39.7 Å². The van der Waals surface area contributed by atoms with Crippen LogP contribution in [0.4, 0.5) is 0 Å². The number of benzene rings is 1. The number of hydrogen-bond donors (Lipinski definition) is 0. The van der Waals surface area contributed by atoms with Crippen molar-refractivity contribution in [2.75, 3.05) is 13.1 Å². The maximum Gasteiger partial charge on any atom is 0.254 e. The van der Waals surface area contributed by atoms with E-state index in [0.717, 1.165) is 57.3 Å². The number of fused-ring (bicyclic) bond motifs is 1. The molecular weight excluding hydrogens is 352 g/mol. The molecule has 0 unspecified atom stereocenters. The zero-order chi connectivity index (χ0) is 17.2. The van der Waals surface area contributed by atoms with Gasteiger partial charge in [0.2, 0.25) is 0 Å². The molecule has 0 radical (unpaired) electrons. The van der Waals surface area contributed by atoms with Gasteiger partial charge in [0.15, 0.2) is 0 Å². The first kappa shape index (κ1) is 16.6. The molecule has 0 aliphatic carbocycles. The lowest BCUT2D eigenvalue weighted by Crippen LogP contribution is -2.32. The van der Waals surface area contributed by atoms with Crippen molar-refractivity contribution in [1.29, 1.82) is 0 Å². The van der Waals surface area contributed by atoms with E-state index in [2.05, 4.69) is 0 Å². The van der Waals surface area contributed by atoms with Gasteiger partial charge in [0.1, 0.15) is 0 Å². The van der Waals surface area contributed by atoms with Gasteiger partial charge in [0, 0.05) is 18.5 Å². The summed E-state index contributed by atoms with van der Waals surface area (Å²) in [7, 11) is 0. The number of carbonyl (C=O) groups excluding carboxylic acids is 1. The average Bonchev–Trinajstić information content (AvgIpc) is 2.90. The van der Waals surface area contributed by atoms with Gasteiger partial charge in [-0.1, -0.05) is 42.6 Å². The van der Waals surface area contributed by atoms with Gasteiger partial charge in [0.05, 0.1) is 26.0 Å². The minimum absolute atomic E-state index is 0.115. The summed E-state index contributed by atoms with van der Waals surface area (Å²) in [4.78, 5) is 21.0. The third kappa shape index (κ3) is 3.42. The maximum atomic E-state index is 13.2. The van der Waals surface area contributed by atoms with Crippen LogP contribution >= 0.6 is 22.9 Å². The third-order valence-electron chi connectivity index (χ3n) is 4.67. The molecular formula is C20H19ClN2OS. The van der Waals surface area contributed by atoms with E-state index < -0.39 is 0 Å². The summed E-state index contributed by atoms with van der Waals surface area (Å²) in [6.07, 6.45) is 4.59. The topological polar surface area (TPSA) is 33.2 Å². The molecule has 2 aromatic heterocycles. The lowest BCUT2D eigenvalue weighted by atomic mass is 10.1. The van der Waals surface area contributed by atoms with E-state index in [1.807, 2.05) is 47.4 Å². The molecule has 0 atom stereocenters. The number of carbonyl (C=O) groups is 1. The minimum atomic E-state index is 0.115. The SMILES string of the molecule is O=C(c1cc(-c2ccc(Cl)s2)nc2ccccc12)N1CCCCCC1. The minimum Gasteiger partial charge on any atom is -0.339 e. The number of aromatic nitrogens is 1. The highest BCUT2D eigenvalue weighted by Gasteiger charge is 2.21. The molecule has 1 amide bonds. The van der Waals surface area contributed by atoms with Crippen LogP contribution in [-0.2, 0) is 0 Å². The molecule has 3 aromatic rings. The zero-order valence-electron chi connectivity index (χ0n) is 13.9. The number of amides is 1. The van der Waals surface area contributed by atoms with Crippen LogP contribution in [0.3, 0.4) is 0 Å². The van der Waals surface area contributed by atoms with E-state index in [1.165, 1.54) is 24.2 Å². The Labute approximate surface area is 156 Å². The molecule has 3 heterocycles. The van der Waals surface area contributed by atoms with Gasteiger partial charge >= 0.3 is 0 Å². The van der Waals surface area contributed by atoms with E-state index in [0.29, 0.717) is 0 Å². The summed E-state index contributed by atoms with van der Waals surface area (Å²) in [5, 5.41) is 0.920. The predicted octanol–water partition coefficient (Wildman–Crippen LogP) is 5.63. The van der Waals surface area contributed by atoms with Crippen LogP contribution in [0.2, 0.25) is 4.34 Å². The molecule has 25 heavy (non-hydrogen) atoms. The summed E-state index contributed by atoms with van der Waals surface area (Å²) in [5.41, 5.74) is 2.41. The fourth-order valence-corrected chi connectivity index (χ4v) is 4.38. The number of halogens is 1. The van der Waals surface area contributed by atoms with Crippen LogP contribution < -0.4 is 0 Å². The maximum absolute atomic E-state index is 13.2. The third-order valence-corrected chi connectivity index (χ3v) is 5.92. The monoisotopic (exact) mass is 370 g/mol. The van der Waals surface area contributed by atoms with Gasteiger partial charge in [0.25, 0.3) is 5.91 Å². The molecule has 1 fully saturated rings. The second-order valence-corrected chi connectivity index (χ2v) is 8.10. The highest BCUT2D eigenvalue weighted by atomic mass is 35.5. The molecule has 5 heteroatoms. The average molecular weight is 371 g/mol. The predicted molar refractivity (Wildman–Crippen MR) is 104 cm³/mol. The Balaban J connectivity index is 1.82. The molecule has 1 saturated heterocycles. The summed E-state index contributed by atoms with van der Waals surface area (Å²) in [6, 6.07) is 13.6. The molecule has 1 aliphatic rings. The number of para-hydroxylation sites is 1. The first-order valence-corrected chi connectivity index (χ1v) is 9.86. The summed E-state index contributed by atoms with van der Waals surface area (Å²) in [6.45, 7) is 1.69. The van der Waals surface area contributed by atoms with Crippen LogP contribution in [0.1, 0.15) is 36.0 Å². The van der Waals surface area contributed by atoms with Gasteiger partial charge in [-0.2, -0.15) is 0 Å². The van der Waals surface area contributed by atoms with Crippen LogP contribution in [0, 0.1) is 0 Å². The van der Waals surface area contributed by atoms with Gasteiger partial charge < -0.3 is 4.90 Å². The summed E-state index contributed by atoms with van der Waals surface area (Å²) in [5.74, 6) is 0.115. The Hall–Kier alpha value is -1.91. The van der Waals surface area contributed by atoms with Crippen LogP contribution in [0.15, 0.2) is 42.5 Å². The fraction of sp³-hybridized carbons (Fsp3) is 0.300. The lowest BCUT2D eigenvalue weighted by molar-refractivity contribution is 0.0763. The van der Waals surface area contributed by atoms with Crippen molar-refractivity contribution in [2.24, 2.45) is 0 Å². The number of likely N-dealkylation sites (tertiary alicyclic amines) is 1. The zero-order valence-corrected chi connectivity index (χ0v) is 15.4. The number of hydrogen-bond acceptors (Lipinski definition) is 3. The van der Waals surface area contributed by atoms with Crippen molar-refractivity contribution < 1.29 is 4.79 Å². The van der Waals surface area contributed by atoms with Crippen molar-refractivity contribution in [2.45, 2.75) is 25.7 Å². The second-order valence-electron chi connectivity index (χ2n) is 6.38. The summed E-state index contributed by atoms with van der Waals surface area (Å²) >= 11 is 7.57. The molecule has 0 N–H and O–H groups in total. The largest absolute Gasteiger partial charge is 0.339 e. The van der Waals surface area contributed by atoms with Crippen LogP contribution in [0.5, 0.6) is 0 Å². The Kier molecular flexibility index (Phi) is 4.73. The molecule has 128 valence electrons.